The highest BCUT2D eigenvalue weighted by Gasteiger charge is 2.30. The summed E-state index contributed by atoms with van der Waals surface area (Å²) in [7, 11) is 1.89. The van der Waals surface area contributed by atoms with Crippen molar-refractivity contribution in [3.8, 4) is 5.75 Å². The van der Waals surface area contributed by atoms with Crippen molar-refractivity contribution in [2.75, 3.05) is 0 Å². The van der Waals surface area contributed by atoms with Crippen LogP contribution in [0.15, 0.2) is 41.7 Å². The van der Waals surface area contributed by atoms with Gasteiger partial charge in [-0.05, 0) is 24.3 Å². The van der Waals surface area contributed by atoms with Crippen molar-refractivity contribution in [1.82, 2.24) is 9.55 Å². The average Bonchev–Trinajstić information content (AvgIpc) is 2.72. The highest BCUT2D eigenvalue weighted by atomic mass is 32.2. The minimum Gasteiger partial charge on any atom is -0.406 e. The Bertz CT molecular complexity index is 537. The number of aromatic nitrogens is 2. The van der Waals surface area contributed by atoms with Gasteiger partial charge in [0.15, 0.2) is 0 Å². The Balaban J connectivity index is 1.94. The lowest BCUT2D eigenvalue weighted by molar-refractivity contribution is -0.274. The molecule has 0 fully saturated rings. The summed E-state index contributed by atoms with van der Waals surface area (Å²) < 4.78 is 41.6. The molecule has 0 atom stereocenters. The van der Waals surface area contributed by atoms with Crippen molar-refractivity contribution in [2.45, 2.75) is 17.0 Å². The monoisotopic (exact) mass is 288 g/mol. The molecule has 0 aliphatic heterocycles. The molecule has 2 rings (SSSR count). The molecule has 0 radical (unpaired) electrons. The topological polar surface area (TPSA) is 27.1 Å². The zero-order valence-electron chi connectivity index (χ0n) is 10.0. The van der Waals surface area contributed by atoms with E-state index in [1.807, 2.05) is 11.6 Å². The van der Waals surface area contributed by atoms with Gasteiger partial charge in [-0.3, -0.25) is 0 Å². The standard InChI is InChI=1S/C12H11F3N2OS/c1-17-8-16-6-9(17)7-19-11-4-2-10(3-5-11)18-12(13,14)15/h2-6,8H,7H2,1H3. The Morgan fingerprint density at radius 2 is 1.95 bits per heavy atom. The van der Waals surface area contributed by atoms with E-state index in [1.165, 1.54) is 23.9 Å². The van der Waals surface area contributed by atoms with Crippen molar-refractivity contribution in [1.29, 1.82) is 0 Å². The molecule has 0 amide bonds. The largest absolute Gasteiger partial charge is 0.573 e. The fraction of sp³-hybridized carbons (Fsp3) is 0.250. The molecule has 1 heterocycles. The minimum atomic E-state index is -4.65. The summed E-state index contributed by atoms with van der Waals surface area (Å²) in [5.41, 5.74) is 1.04. The maximum Gasteiger partial charge on any atom is 0.573 e. The van der Waals surface area contributed by atoms with E-state index in [-0.39, 0.29) is 5.75 Å². The summed E-state index contributed by atoms with van der Waals surface area (Å²) in [6.07, 6.45) is -1.19. The molecule has 0 bridgehead atoms. The predicted octanol–water partition coefficient (Wildman–Crippen LogP) is 3.61. The summed E-state index contributed by atoms with van der Waals surface area (Å²) in [4.78, 5) is 4.86. The molecule has 19 heavy (non-hydrogen) atoms. The van der Waals surface area contributed by atoms with Crippen molar-refractivity contribution in [3.05, 3.63) is 42.5 Å². The Kier molecular flexibility index (Phi) is 4.04. The number of rotatable bonds is 4. The van der Waals surface area contributed by atoms with Crippen LogP contribution in [0.3, 0.4) is 0 Å². The lowest BCUT2D eigenvalue weighted by Crippen LogP contribution is -2.16. The maximum absolute atomic E-state index is 12.0. The molecule has 1 aromatic heterocycles. The van der Waals surface area contributed by atoms with Crippen LogP contribution in [-0.4, -0.2) is 15.9 Å². The van der Waals surface area contributed by atoms with Crippen LogP contribution < -0.4 is 4.74 Å². The molecule has 0 aliphatic carbocycles. The second-order valence-corrected chi connectivity index (χ2v) is 4.85. The first kappa shape index (κ1) is 13.8. The van der Waals surface area contributed by atoms with Crippen LogP contribution in [0.5, 0.6) is 5.75 Å². The van der Waals surface area contributed by atoms with Gasteiger partial charge in [-0.1, -0.05) is 0 Å². The number of halogens is 3. The third-order valence-electron chi connectivity index (χ3n) is 2.36. The highest BCUT2D eigenvalue weighted by molar-refractivity contribution is 7.98. The number of benzene rings is 1. The number of aryl methyl sites for hydroxylation is 1. The van der Waals surface area contributed by atoms with Gasteiger partial charge in [0.2, 0.25) is 0 Å². The molecule has 0 saturated carbocycles. The van der Waals surface area contributed by atoms with Crippen LogP contribution in [-0.2, 0) is 12.8 Å². The van der Waals surface area contributed by atoms with Crippen molar-refractivity contribution in [3.63, 3.8) is 0 Å². The van der Waals surface area contributed by atoms with Crippen molar-refractivity contribution < 1.29 is 17.9 Å². The van der Waals surface area contributed by atoms with E-state index < -0.39 is 6.36 Å². The van der Waals surface area contributed by atoms with Gasteiger partial charge in [0.25, 0.3) is 0 Å². The predicted molar refractivity (Wildman–Crippen MR) is 65.9 cm³/mol. The summed E-state index contributed by atoms with van der Waals surface area (Å²) in [6.45, 7) is 0. The quantitative estimate of drug-likeness (QED) is 0.804. The Morgan fingerprint density at radius 3 is 2.47 bits per heavy atom. The Labute approximate surface area is 112 Å². The molecule has 102 valence electrons. The van der Waals surface area contributed by atoms with Crippen molar-refractivity contribution >= 4 is 11.8 Å². The van der Waals surface area contributed by atoms with Gasteiger partial charge in [0, 0.05) is 29.6 Å². The number of nitrogens with zero attached hydrogens (tertiary/aromatic N) is 2. The second-order valence-electron chi connectivity index (χ2n) is 3.80. The number of ether oxygens (including phenoxy) is 1. The molecular weight excluding hydrogens is 277 g/mol. The Hall–Kier alpha value is -1.63. The maximum atomic E-state index is 12.0. The van der Waals surface area contributed by atoms with E-state index in [4.69, 9.17) is 0 Å². The normalized spacial score (nSPS) is 11.6. The number of alkyl halides is 3. The summed E-state index contributed by atoms with van der Waals surface area (Å²) in [5, 5.41) is 0. The molecule has 7 heteroatoms. The first-order valence-corrected chi connectivity index (χ1v) is 6.36. The van der Waals surface area contributed by atoms with Crippen LogP contribution in [0.25, 0.3) is 0 Å². The number of hydrogen-bond donors (Lipinski definition) is 0. The van der Waals surface area contributed by atoms with Crippen LogP contribution >= 0.6 is 11.8 Å². The zero-order valence-corrected chi connectivity index (χ0v) is 10.8. The van der Waals surface area contributed by atoms with Gasteiger partial charge in [0.1, 0.15) is 5.75 Å². The van der Waals surface area contributed by atoms with Gasteiger partial charge < -0.3 is 9.30 Å². The number of imidazole rings is 1. The fourth-order valence-electron chi connectivity index (χ4n) is 1.42. The highest BCUT2D eigenvalue weighted by Crippen LogP contribution is 2.27. The Morgan fingerprint density at radius 1 is 1.26 bits per heavy atom. The smallest absolute Gasteiger partial charge is 0.406 e. The fourth-order valence-corrected chi connectivity index (χ4v) is 2.34. The lowest BCUT2D eigenvalue weighted by Gasteiger charge is -2.09. The third kappa shape index (κ3) is 4.20. The molecule has 0 aliphatic rings. The van der Waals surface area contributed by atoms with Crippen LogP contribution in [0.1, 0.15) is 5.69 Å². The molecule has 0 unspecified atom stereocenters. The van der Waals surface area contributed by atoms with E-state index in [0.717, 1.165) is 10.6 Å². The summed E-state index contributed by atoms with van der Waals surface area (Å²) >= 11 is 1.52. The third-order valence-corrected chi connectivity index (χ3v) is 3.41. The van der Waals surface area contributed by atoms with Gasteiger partial charge in [-0.2, -0.15) is 0 Å². The number of thioether (sulfide) groups is 1. The molecule has 0 saturated heterocycles. The minimum absolute atomic E-state index is 0.211. The average molecular weight is 288 g/mol. The van der Waals surface area contributed by atoms with E-state index in [9.17, 15) is 13.2 Å². The number of hydrogen-bond acceptors (Lipinski definition) is 3. The lowest BCUT2D eigenvalue weighted by atomic mass is 10.3. The van der Waals surface area contributed by atoms with E-state index in [1.54, 1.807) is 24.7 Å². The first-order chi connectivity index (χ1) is 8.94. The van der Waals surface area contributed by atoms with E-state index in [0.29, 0.717) is 5.75 Å². The van der Waals surface area contributed by atoms with Crippen LogP contribution in [0.4, 0.5) is 13.2 Å². The van der Waals surface area contributed by atoms with Gasteiger partial charge in [-0.25, -0.2) is 4.98 Å². The summed E-state index contributed by atoms with van der Waals surface area (Å²) in [6, 6.07) is 5.81. The molecule has 1 aromatic carbocycles. The van der Waals surface area contributed by atoms with Gasteiger partial charge in [-0.15, -0.1) is 24.9 Å². The molecule has 0 spiro atoms. The molecular formula is C12H11F3N2OS. The first-order valence-electron chi connectivity index (χ1n) is 5.38. The SMILES string of the molecule is Cn1cncc1CSc1ccc(OC(F)(F)F)cc1. The van der Waals surface area contributed by atoms with Crippen LogP contribution in [0, 0.1) is 0 Å². The second kappa shape index (κ2) is 5.56. The van der Waals surface area contributed by atoms with Crippen molar-refractivity contribution in [2.24, 2.45) is 7.05 Å². The molecule has 3 nitrogen and oxygen atoms in total. The van der Waals surface area contributed by atoms with Gasteiger partial charge in [0.05, 0.1) is 6.33 Å². The molecule has 0 N–H and O–H groups in total. The van der Waals surface area contributed by atoms with Gasteiger partial charge >= 0.3 is 6.36 Å². The van der Waals surface area contributed by atoms with E-state index >= 15 is 0 Å². The zero-order chi connectivity index (χ0) is 13.9. The van der Waals surface area contributed by atoms with Crippen LogP contribution in [0.2, 0.25) is 0 Å². The van der Waals surface area contributed by atoms with E-state index in [2.05, 4.69) is 9.72 Å². The summed E-state index contributed by atoms with van der Waals surface area (Å²) in [5.74, 6) is 0.494. The molecule has 2 aromatic rings.